The van der Waals surface area contributed by atoms with Crippen LogP contribution in [0.1, 0.15) is 29.3 Å². The molecule has 0 aliphatic heterocycles. The molecule has 2 heterocycles. The van der Waals surface area contributed by atoms with E-state index in [-0.39, 0.29) is 11.7 Å². The summed E-state index contributed by atoms with van der Waals surface area (Å²) in [5.74, 6) is 0.204. The van der Waals surface area contributed by atoms with Crippen LogP contribution in [-0.2, 0) is 6.42 Å². The van der Waals surface area contributed by atoms with Crippen molar-refractivity contribution in [2.24, 2.45) is 0 Å². The number of nitrogens with one attached hydrogen (secondary N) is 1. The molecule has 4 aromatic rings. The number of aryl methyl sites for hydroxylation is 1. The predicted octanol–water partition coefficient (Wildman–Crippen LogP) is 4.59. The van der Waals surface area contributed by atoms with E-state index in [9.17, 15) is 9.18 Å². The number of benzene rings is 2. The van der Waals surface area contributed by atoms with E-state index >= 15 is 0 Å². The van der Waals surface area contributed by atoms with Crippen molar-refractivity contribution in [1.29, 1.82) is 0 Å². The molecule has 2 aromatic carbocycles. The van der Waals surface area contributed by atoms with Gasteiger partial charge >= 0.3 is 0 Å². The van der Waals surface area contributed by atoms with Crippen molar-refractivity contribution in [1.82, 2.24) is 20.3 Å². The third-order valence-corrected chi connectivity index (χ3v) is 5.02. The number of amides is 1. The van der Waals surface area contributed by atoms with Gasteiger partial charge in [-0.3, -0.25) is 4.79 Å². The number of rotatable bonds is 8. The van der Waals surface area contributed by atoms with E-state index in [0.717, 1.165) is 29.4 Å². The largest absolute Gasteiger partial charge is 0.493 e. The van der Waals surface area contributed by atoms with E-state index in [2.05, 4.69) is 15.3 Å². The number of pyridine rings is 1. The number of carbonyl (C=O) groups is 1. The molecule has 0 unspecified atom stereocenters. The fourth-order valence-electron chi connectivity index (χ4n) is 3.44. The van der Waals surface area contributed by atoms with Crippen LogP contribution < -0.4 is 10.1 Å². The van der Waals surface area contributed by atoms with E-state index in [1.165, 1.54) is 18.5 Å². The fraction of sp³-hybridized carbons (Fsp3) is 0.200. The molecular weight excluding hydrogens is 407 g/mol. The molecule has 0 aliphatic carbocycles. The summed E-state index contributed by atoms with van der Waals surface area (Å²) in [5.41, 5.74) is 3.63. The van der Waals surface area contributed by atoms with Gasteiger partial charge in [0, 0.05) is 41.5 Å². The van der Waals surface area contributed by atoms with Crippen molar-refractivity contribution in [2.45, 2.75) is 19.8 Å². The molecule has 2 aromatic heterocycles. The summed E-state index contributed by atoms with van der Waals surface area (Å²) < 4.78 is 19.1. The van der Waals surface area contributed by atoms with Crippen molar-refractivity contribution in [3.63, 3.8) is 0 Å². The summed E-state index contributed by atoms with van der Waals surface area (Å²) in [6.07, 6.45) is 6.63. The van der Waals surface area contributed by atoms with E-state index in [4.69, 9.17) is 9.72 Å². The minimum Gasteiger partial charge on any atom is -0.493 e. The molecule has 0 bridgehead atoms. The SMILES string of the molecule is CCOc1cc(-c2ccc(F)cc2)nc2cc(C(=O)NCCCc3cncnc3)ccc12. The first-order valence-electron chi connectivity index (χ1n) is 10.5. The highest BCUT2D eigenvalue weighted by Gasteiger charge is 2.12. The normalized spacial score (nSPS) is 10.8. The molecule has 1 amide bonds. The number of fused-ring (bicyclic) bond motifs is 1. The second-order valence-corrected chi connectivity index (χ2v) is 7.28. The zero-order valence-corrected chi connectivity index (χ0v) is 17.7. The lowest BCUT2D eigenvalue weighted by Gasteiger charge is -2.12. The minimum atomic E-state index is -0.307. The van der Waals surface area contributed by atoms with Crippen LogP contribution >= 0.6 is 0 Å². The summed E-state index contributed by atoms with van der Waals surface area (Å²) in [6.45, 7) is 2.95. The molecule has 162 valence electrons. The molecule has 0 spiro atoms. The second-order valence-electron chi connectivity index (χ2n) is 7.28. The zero-order chi connectivity index (χ0) is 22.3. The maximum absolute atomic E-state index is 13.3. The highest BCUT2D eigenvalue weighted by molar-refractivity contribution is 5.99. The number of nitrogens with zero attached hydrogens (tertiary/aromatic N) is 3. The van der Waals surface area contributed by atoms with Crippen LogP contribution in [0.5, 0.6) is 5.75 Å². The quantitative estimate of drug-likeness (QED) is 0.414. The summed E-state index contributed by atoms with van der Waals surface area (Å²) in [5, 5.41) is 3.76. The Bertz CT molecular complexity index is 1210. The Labute approximate surface area is 185 Å². The molecule has 6 nitrogen and oxygen atoms in total. The molecule has 0 fully saturated rings. The highest BCUT2D eigenvalue weighted by atomic mass is 19.1. The topological polar surface area (TPSA) is 77.0 Å². The number of halogens is 1. The Hall–Kier alpha value is -3.87. The van der Waals surface area contributed by atoms with Crippen LogP contribution in [0.15, 0.2) is 67.3 Å². The predicted molar refractivity (Wildman–Crippen MR) is 121 cm³/mol. The molecule has 0 aliphatic rings. The van der Waals surface area contributed by atoms with E-state index in [0.29, 0.717) is 35.7 Å². The molecule has 7 heteroatoms. The molecule has 0 radical (unpaired) electrons. The third-order valence-electron chi connectivity index (χ3n) is 5.02. The van der Waals surface area contributed by atoms with Crippen molar-refractivity contribution in [3.8, 4) is 17.0 Å². The second kappa shape index (κ2) is 9.96. The van der Waals surface area contributed by atoms with Crippen molar-refractivity contribution < 1.29 is 13.9 Å². The van der Waals surface area contributed by atoms with Crippen molar-refractivity contribution >= 4 is 16.8 Å². The molecule has 0 atom stereocenters. The van der Waals surface area contributed by atoms with Gasteiger partial charge < -0.3 is 10.1 Å². The highest BCUT2D eigenvalue weighted by Crippen LogP contribution is 2.31. The first kappa shape index (κ1) is 21.4. The Morgan fingerprint density at radius 2 is 1.84 bits per heavy atom. The number of ether oxygens (including phenoxy) is 1. The van der Waals surface area contributed by atoms with E-state index in [1.54, 1.807) is 36.7 Å². The van der Waals surface area contributed by atoms with Crippen LogP contribution in [0.25, 0.3) is 22.2 Å². The monoisotopic (exact) mass is 430 g/mol. The van der Waals surface area contributed by atoms with Gasteiger partial charge in [-0.25, -0.2) is 19.3 Å². The summed E-state index contributed by atoms with van der Waals surface area (Å²) >= 11 is 0. The van der Waals surface area contributed by atoms with Gasteiger partial charge in [-0.05, 0) is 67.8 Å². The maximum atomic E-state index is 13.3. The number of hydrogen-bond acceptors (Lipinski definition) is 5. The number of hydrogen-bond donors (Lipinski definition) is 1. The average Bonchev–Trinajstić information content (AvgIpc) is 2.82. The zero-order valence-electron chi connectivity index (χ0n) is 17.7. The fourth-order valence-corrected chi connectivity index (χ4v) is 3.44. The third kappa shape index (κ3) is 5.06. The van der Waals surface area contributed by atoms with Crippen LogP contribution in [0, 0.1) is 5.82 Å². The van der Waals surface area contributed by atoms with E-state index in [1.807, 2.05) is 19.1 Å². The summed E-state index contributed by atoms with van der Waals surface area (Å²) in [7, 11) is 0. The molecule has 1 N–H and O–H groups in total. The lowest BCUT2D eigenvalue weighted by Crippen LogP contribution is -2.24. The first-order valence-corrected chi connectivity index (χ1v) is 10.5. The van der Waals surface area contributed by atoms with Gasteiger partial charge in [0.05, 0.1) is 17.8 Å². The minimum absolute atomic E-state index is 0.164. The van der Waals surface area contributed by atoms with Gasteiger partial charge in [-0.2, -0.15) is 0 Å². The smallest absolute Gasteiger partial charge is 0.251 e. The van der Waals surface area contributed by atoms with Gasteiger partial charge in [0.25, 0.3) is 5.91 Å². The lowest BCUT2D eigenvalue weighted by molar-refractivity contribution is 0.0953. The van der Waals surface area contributed by atoms with Gasteiger partial charge in [0.1, 0.15) is 17.9 Å². The Kier molecular flexibility index (Phi) is 6.65. The molecule has 0 saturated carbocycles. The molecular formula is C25H23FN4O2. The van der Waals surface area contributed by atoms with Crippen LogP contribution in [0.3, 0.4) is 0 Å². The van der Waals surface area contributed by atoms with Crippen molar-refractivity contribution in [2.75, 3.05) is 13.2 Å². The number of aromatic nitrogens is 3. The Morgan fingerprint density at radius 3 is 2.59 bits per heavy atom. The first-order chi connectivity index (χ1) is 15.6. The van der Waals surface area contributed by atoms with Crippen LogP contribution in [0.2, 0.25) is 0 Å². The standard InChI is InChI=1S/C25H23FN4O2/c1-2-32-24-13-22(18-5-8-20(26)9-6-18)30-23-12-19(7-10-21(23)24)25(31)29-11-3-4-17-14-27-16-28-15-17/h5-10,12-16H,2-4,11H2,1H3,(H,29,31). The lowest BCUT2D eigenvalue weighted by atomic mass is 10.1. The Morgan fingerprint density at radius 1 is 1.06 bits per heavy atom. The van der Waals surface area contributed by atoms with Gasteiger partial charge in [-0.1, -0.05) is 0 Å². The van der Waals surface area contributed by atoms with Gasteiger partial charge in [0.15, 0.2) is 0 Å². The molecule has 32 heavy (non-hydrogen) atoms. The Balaban J connectivity index is 1.53. The van der Waals surface area contributed by atoms with Crippen LogP contribution in [0.4, 0.5) is 4.39 Å². The van der Waals surface area contributed by atoms with E-state index < -0.39 is 0 Å². The number of carbonyl (C=O) groups excluding carboxylic acids is 1. The van der Waals surface area contributed by atoms with Crippen molar-refractivity contribution in [3.05, 3.63) is 84.2 Å². The van der Waals surface area contributed by atoms with Crippen LogP contribution in [-0.4, -0.2) is 34.0 Å². The summed E-state index contributed by atoms with van der Waals surface area (Å²) in [6, 6.07) is 13.3. The molecule has 0 saturated heterocycles. The molecule has 4 rings (SSSR count). The summed E-state index contributed by atoms with van der Waals surface area (Å²) in [4.78, 5) is 25.4. The van der Waals surface area contributed by atoms with Gasteiger partial charge in [0.2, 0.25) is 0 Å². The van der Waals surface area contributed by atoms with Gasteiger partial charge in [-0.15, -0.1) is 0 Å². The average molecular weight is 430 g/mol. The maximum Gasteiger partial charge on any atom is 0.251 e.